The molecule has 126 valence electrons. The summed E-state index contributed by atoms with van der Waals surface area (Å²) in [4.78, 5) is 26.5. The Hall–Kier alpha value is -1.49. The molecule has 0 aromatic heterocycles. The first-order chi connectivity index (χ1) is 10.9. The molecular weight excluding hydrogens is 308 g/mol. The number of Topliss-reactive ketones (excluding diaryl/α,β-unsaturated/α-hetero) is 1. The van der Waals surface area contributed by atoms with E-state index < -0.39 is 0 Å². The predicted molar refractivity (Wildman–Crippen MR) is 95.6 cm³/mol. The van der Waals surface area contributed by atoms with Crippen molar-refractivity contribution in [2.45, 2.75) is 45.4 Å². The molecule has 1 fully saturated rings. The Kier molecular flexibility index (Phi) is 6.10. The highest BCUT2D eigenvalue weighted by molar-refractivity contribution is 7.98. The third kappa shape index (κ3) is 4.74. The standard InChI is InChI=1S/C18H26N2O2S/c1-12(2)18(22)19-23-16-5-6-17(13(3)11-16)20-9-7-15(8-10-20)14(4)21/h5-6,11-12,15H,7-10H2,1-4H3,(H,19,22). The molecule has 1 aliphatic heterocycles. The van der Waals surface area contributed by atoms with Crippen LogP contribution in [0.1, 0.15) is 39.2 Å². The molecular formula is C18H26N2O2S. The summed E-state index contributed by atoms with van der Waals surface area (Å²) in [6.07, 6.45) is 1.88. The van der Waals surface area contributed by atoms with Crippen molar-refractivity contribution >= 4 is 29.3 Å². The summed E-state index contributed by atoms with van der Waals surface area (Å²) in [6, 6.07) is 6.27. The van der Waals surface area contributed by atoms with Crippen molar-refractivity contribution in [2.75, 3.05) is 18.0 Å². The van der Waals surface area contributed by atoms with Gasteiger partial charge in [0.2, 0.25) is 5.91 Å². The van der Waals surface area contributed by atoms with Crippen molar-refractivity contribution < 1.29 is 9.59 Å². The lowest BCUT2D eigenvalue weighted by Gasteiger charge is -2.33. The average Bonchev–Trinajstić information content (AvgIpc) is 2.52. The minimum absolute atomic E-state index is 0.00885. The highest BCUT2D eigenvalue weighted by Gasteiger charge is 2.23. The molecule has 1 N–H and O–H groups in total. The number of hydrogen-bond acceptors (Lipinski definition) is 4. The smallest absolute Gasteiger partial charge is 0.232 e. The van der Waals surface area contributed by atoms with Gasteiger partial charge in [0, 0.05) is 35.5 Å². The Morgan fingerprint density at radius 3 is 2.43 bits per heavy atom. The zero-order chi connectivity index (χ0) is 17.0. The minimum atomic E-state index is -0.00885. The molecule has 0 unspecified atom stereocenters. The van der Waals surface area contributed by atoms with Gasteiger partial charge in [-0.25, -0.2) is 0 Å². The van der Waals surface area contributed by atoms with Gasteiger partial charge in [-0.2, -0.15) is 0 Å². The lowest BCUT2D eigenvalue weighted by molar-refractivity contribution is -0.122. The lowest BCUT2D eigenvalue weighted by Crippen LogP contribution is -2.36. The summed E-state index contributed by atoms with van der Waals surface area (Å²) >= 11 is 1.37. The molecule has 0 aliphatic carbocycles. The second-order valence-corrected chi connectivity index (χ2v) is 7.42. The highest BCUT2D eigenvalue weighted by Crippen LogP contribution is 2.29. The van der Waals surface area contributed by atoms with Gasteiger partial charge in [0.15, 0.2) is 0 Å². The predicted octanol–water partition coefficient (Wildman–Crippen LogP) is 3.58. The van der Waals surface area contributed by atoms with Gasteiger partial charge in [-0.3, -0.25) is 14.3 Å². The topological polar surface area (TPSA) is 49.4 Å². The zero-order valence-corrected chi connectivity index (χ0v) is 15.2. The number of aryl methyl sites for hydroxylation is 1. The highest BCUT2D eigenvalue weighted by atomic mass is 32.2. The first-order valence-corrected chi connectivity index (χ1v) is 9.03. The van der Waals surface area contributed by atoms with Crippen molar-refractivity contribution in [1.82, 2.24) is 4.72 Å². The Bertz CT molecular complexity index is 578. The van der Waals surface area contributed by atoms with Gasteiger partial charge in [-0.15, -0.1) is 0 Å². The quantitative estimate of drug-likeness (QED) is 0.836. The maximum atomic E-state index is 11.6. The molecule has 5 heteroatoms. The van der Waals surface area contributed by atoms with Crippen LogP contribution in [0.25, 0.3) is 0 Å². The maximum absolute atomic E-state index is 11.6. The van der Waals surface area contributed by atoms with Crippen LogP contribution >= 0.6 is 11.9 Å². The Morgan fingerprint density at radius 1 is 1.26 bits per heavy atom. The van der Waals surface area contributed by atoms with E-state index in [9.17, 15) is 9.59 Å². The fourth-order valence-electron chi connectivity index (χ4n) is 2.80. The summed E-state index contributed by atoms with van der Waals surface area (Å²) in [7, 11) is 0. The maximum Gasteiger partial charge on any atom is 0.232 e. The van der Waals surface area contributed by atoms with E-state index >= 15 is 0 Å². The second kappa shape index (κ2) is 7.86. The number of rotatable bonds is 5. The Balaban J connectivity index is 1.97. The van der Waals surface area contributed by atoms with Crippen LogP contribution in [0, 0.1) is 18.8 Å². The van der Waals surface area contributed by atoms with Crippen LogP contribution in [0.2, 0.25) is 0 Å². The summed E-state index contributed by atoms with van der Waals surface area (Å²) in [6.45, 7) is 9.43. The number of amides is 1. The van der Waals surface area contributed by atoms with Gasteiger partial charge in [-0.1, -0.05) is 13.8 Å². The average molecular weight is 334 g/mol. The number of piperidine rings is 1. The molecule has 1 saturated heterocycles. The minimum Gasteiger partial charge on any atom is -0.371 e. The monoisotopic (exact) mass is 334 g/mol. The van der Waals surface area contributed by atoms with Gasteiger partial charge in [0.25, 0.3) is 0 Å². The molecule has 23 heavy (non-hydrogen) atoms. The molecule has 0 radical (unpaired) electrons. The normalized spacial score (nSPS) is 15.8. The summed E-state index contributed by atoms with van der Waals surface area (Å²) in [5.74, 6) is 0.579. The number of ketones is 1. The molecule has 0 spiro atoms. The number of carbonyl (C=O) groups excluding carboxylic acids is 2. The molecule has 1 amide bonds. The van der Waals surface area contributed by atoms with E-state index in [0.717, 1.165) is 30.8 Å². The van der Waals surface area contributed by atoms with Gasteiger partial charge in [-0.05, 0) is 62.4 Å². The van der Waals surface area contributed by atoms with E-state index in [1.165, 1.54) is 23.2 Å². The van der Waals surface area contributed by atoms with Crippen molar-refractivity contribution in [3.63, 3.8) is 0 Å². The largest absolute Gasteiger partial charge is 0.371 e. The van der Waals surface area contributed by atoms with Crippen LogP contribution in [-0.2, 0) is 9.59 Å². The van der Waals surface area contributed by atoms with E-state index in [4.69, 9.17) is 0 Å². The van der Waals surface area contributed by atoms with E-state index in [-0.39, 0.29) is 17.7 Å². The van der Waals surface area contributed by atoms with E-state index in [1.807, 2.05) is 19.9 Å². The van der Waals surface area contributed by atoms with Crippen molar-refractivity contribution in [3.8, 4) is 0 Å². The fraction of sp³-hybridized carbons (Fsp3) is 0.556. The van der Waals surface area contributed by atoms with Gasteiger partial charge < -0.3 is 4.90 Å². The van der Waals surface area contributed by atoms with Crippen LogP contribution in [0.15, 0.2) is 23.1 Å². The van der Waals surface area contributed by atoms with Crippen LogP contribution in [0.3, 0.4) is 0 Å². The summed E-state index contributed by atoms with van der Waals surface area (Å²) in [5, 5.41) is 0. The van der Waals surface area contributed by atoms with E-state index in [1.54, 1.807) is 6.92 Å². The van der Waals surface area contributed by atoms with Crippen molar-refractivity contribution in [1.29, 1.82) is 0 Å². The molecule has 0 atom stereocenters. The van der Waals surface area contributed by atoms with Gasteiger partial charge in [0.1, 0.15) is 5.78 Å². The molecule has 0 saturated carbocycles. The van der Waals surface area contributed by atoms with Crippen LogP contribution in [0.5, 0.6) is 0 Å². The number of anilines is 1. The summed E-state index contributed by atoms with van der Waals surface area (Å²) < 4.78 is 2.87. The number of benzene rings is 1. The number of carbonyl (C=O) groups is 2. The Morgan fingerprint density at radius 2 is 1.91 bits per heavy atom. The SMILES string of the molecule is CC(=O)C1CCN(c2ccc(SNC(=O)C(C)C)cc2C)CC1. The molecule has 2 rings (SSSR count). The fourth-order valence-corrected chi connectivity index (χ4v) is 3.63. The van der Waals surface area contributed by atoms with E-state index in [0.29, 0.717) is 5.78 Å². The van der Waals surface area contributed by atoms with Crippen LogP contribution in [0.4, 0.5) is 5.69 Å². The molecule has 4 nitrogen and oxygen atoms in total. The van der Waals surface area contributed by atoms with Gasteiger partial charge in [0.05, 0.1) is 0 Å². The van der Waals surface area contributed by atoms with Gasteiger partial charge >= 0.3 is 0 Å². The zero-order valence-electron chi connectivity index (χ0n) is 14.4. The lowest BCUT2D eigenvalue weighted by atomic mass is 9.93. The molecule has 1 aromatic carbocycles. The first kappa shape index (κ1) is 17.9. The Labute approximate surface area is 143 Å². The number of nitrogens with one attached hydrogen (secondary N) is 1. The molecule has 1 heterocycles. The second-order valence-electron chi connectivity index (χ2n) is 6.54. The third-order valence-corrected chi connectivity index (χ3v) is 5.17. The van der Waals surface area contributed by atoms with Crippen LogP contribution < -0.4 is 9.62 Å². The number of hydrogen-bond donors (Lipinski definition) is 1. The third-order valence-electron chi connectivity index (χ3n) is 4.37. The first-order valence-electron chi connectivity index (χ1n) is 8.21. The van der Waals surface area contributed by atoms with Crippen LogP contribution in [-0.4, -0.2) is 24.8 Å². The van der Waals surface area contributed by atoms with Crippen molar-refractivity contribution in [3.05, 3.63) is 23.8 Å². The molecule has 0 bridgehead atoms. The summed E-state index contributed by atoms with van der Waals surface area (Å²) in [5.41, 5.74) is 2.43. The van der Waals surface area contributed by atoms with E-state index in [2.05, 4.69) is 28.7 Å². The molecule has 1 aliphatic rings. The van der Waals surface area contributed by atoms with Crippen molar-refractivity contribution in [2.24, 2.45) is 11.8 Å². The molecule has 1 aromatic rings. The number of nitrogens with zero attached hydrogens (tertiary/aromatic N) is 1.